The van der Waals surface area contributed by atoms with Gasteiger partial charge in [-0.3, -0.25) is 0 Å². The maximum Gasteiger partial charge on any atom is 0.416 e. The van der Waals surface area contributed by atoms with Gasteiger partial charge in [0.1, 0.15) is 0 Å². The van der Waals surface area contributed by atoms with E-state index in [2.05, 4.69) is 0 Å². The van der Waals surface area contributed by atoms with Crippen LogP contribution < -0.4 is 0 Å². The summed E-state index contributed by atoms with van der Waals surface area (Å²) in [7, 11) is 0. The summed E-state index contributed by atoms with van der Waals surface area (Å²) in [4.78, 5) is 14.6. The van der Waals surface area contributed by atoms with Crippen molar-refractivity contribution in [2.75, 3.05) is 0 Å². The van der Waals surface area contributed by atoms with Crippen molar-refractivity contribution in [2.24, 2.45) is 0 Å². The Balaban J connectivity index is 1.25. The normalized spacial score (nSPS) is 12.5. The van der Waals surface area contributed by atoms with Gasteiger partial charge in [0.15, 0.2) is 17.5 Å². The molecule has 334 valence electrons. The Kier molecular flexibility index (Phi) is 9.78. The molecule has 11 rings (SSSR count). The summed E-state index contributed by atoms with van der Waals surface area (Å²) in [6.07, 6.45) is -14.2. The van der Waals surface area contributed by atoms with Crippen LogP contribution in [-0.4, -0.2) is 24.1 Å². The van der Waals surface area contributed by atoms with Crippen molar-refractivity contribution in [3.63, 3.8) is 0 Å². The van der Waals surface area contributed by atoms with E-state index in [1.165, 1.54) is 18.2 Å². The molecule has 0 aliphatic rings. The lowest BCUT2D eigenvalue weighted by Gasteiger charge is -2.21. The average molecular weight is 920 g/mol. The van der Waals surface area contributed by atoms with E-state index < -0.39 is 35.2 Å². The lowest BCUT2D eigenvalue weighted by atomic mass is 9.96. The van der Waals surface area contributed by atoms with E-state index in [-0.39, 0.29) is 39.1 Å². The summed E-state index contributed by atoms with van der Waals surface area (Å²) in [6.45, 7) is 0. The van der Waals surface area contributed by atoms with Crippen LogP contribution in [0.3, 0.4) is 0 Å². The minimum absolute atomic E-state index is 0.0207. The zero-order chi connectivity index (χ0) is 47.1. The monoisotopic (exact) mass is 919 g/mol. The molecule has 14 heteroatoms. The molecule has 0 aliphatic heterocycles. The number of rotatable bonds is 6. The molecule has 5 nitrogen and oxygen atoms in total. The first-order valence-electron chi connectivity index (χ1n) is 21.1. The molecule has 3 heterocycles. The second-order valence-corrected chi connectivity index (χ2v) is 16.2. The number of benzene rings is 8. The van der Waals surface area contributed by atoms with Crippen molar-refractivity contribution < 1.29 is 39.5 Å². The average Bonchev–Trinajstić information content (AvgIpc) is 3.85. The molecule has 0 atom stereocenters. The standard InChI is InChI=1S/C54H30F9N5/c55-52(56,57)34-20-24-45-40(28-34)37-15-7-9-17-43(37)67(45)46-25-21-36(54(61,62)63)30-42(46)39-23-19-33(51-65-49(31-11-3-1-4-12-31)64-50(66-51)32-13-5-2-6-14-32)27-48(39)68-44-18-10-8-16-38(44)41-29-35(53(58,59)60)22-26-47(41)68/h1-30H. The molecule has 0 aliphatic carbocycles. The van der Waals surface area contributed by atoms with Crippen LogP contribution in [0.25, 0.3) is 100 Å². The lowest BCUT2D eigenvalue weighted by molar-refractivity contribution is -0.138. The number of halogens is 9. The minimum atomic E-state index is -4.84. The van der Waals surface area contributed by atoms with Crippen LogP contribution in [0, 0.1) is 0 Å². The largest absolute Gasteiger partial charge is 0.416 e. The second kappa shape index (κ2) is 15.7. The maximum absolute atomic E-state index is 15.0. The minimum Gasteiger partial charge on any atom is -0.309 e. The zero-order valence-corrected chi connectivity index (χ0v) is 35.0. The van der Waals surface area contributed by atoms with Crippen LogP contribution >= 0.6 is 0 Å². The predicted octanol–water partition coefficient (Wildman–Crippen LogP) is 15.8. The van der Waals surface area contributed by atoms with Crippen molar-refractivity contribution in [1.82, 2.24) is 24.1 Å². The molecule has 0 saturated heterocycles. The molecule has 0 amide bonds. The fourth-order valence-corrected chi connectivity index (χ4v) is 8.96. The third-order valence-electron chi connectivity index (χ3n) is 12.1. The quantitative estimate of drug-likeness (QED) is 0.156. The Morgan fingerprint density at radius 2 is 0.691 bits per heavy atom. The van der Waals surface area contributed by atoms with Gasteiger partial charge in [-0.2, -0.15) is 39.5 Å². The molecule has 8 aromatic carbocycles. The first-order valence-corrected chi connectivity index (χ1v) is 21.1. The number of hydrogen-bond donors (Lipinski definition) is 0. The van der Waals surface area contributed by atoms with Gasteiger partial charge in [-0.05, 0) is 72.8 Å². The number of hydrogen-bond acceptors (Lipinski definition) is 3. The molecule has 0 N–H and O–H groups in total. The SMILES string of the molecule is FC(F)(F)c1ccc(-n2c3ccccc3c3cc(C(F)(F)F)ccc32)c(-c2ccc(-c3nc(-c4ccccc4)nc(-c4ccccc4)n3)cc2-n2c3ccccc3c3cc(C(F)(F)F)ccc32)c1. The van der Waals surface area contributed by atoms with Gasteiger partial charge in [0.05, 0.1) is 50.1 Å². The summed E-state index contributed by atoms with van der Waals surface area (Å²) in [6, 6.07) is 46.5. The lowest BCUT2D eigenvalue weighted by Crippen LogP contribution is -2.08. The highest BCUT2D eigenvalue weighted by molar-refractivity contribution is 6.12. The van der Waals surface area contributed by atoms with E-state index in [4.69, 9.17) is 15.0 Å². The van der Waals surface area contributed by atoms with Gasteiger partial charge in [-0.25, -0.2) is 15.0 Å². The molecule has 0 fully saturated rings. The molecule has 0 spiro atoms. The number of alkyl halides is 9. The van der Waals surface area contributed by atoms with E-state index in [1.54, 1.807) is 75.9 Å². The first kappa shape index (κ1) is 42.4. The third-order valence-corrected chi connectivity index (χ3v) is 12.1. The van der Waals surface area contributed by atoms with Crippen molar-refractivity contribution in [1.29, 1.82) is 0 Å². The van der Waals surface area contributed by atoms with Gasteiger partial charge in [0.25, 0.3) is 0 Å². The van der Waals surface area contributed by atoms with Crippen molar-refractivity contribution in [3.05, 3.63) is 199 Å². The number of aromatic nitrogens is 5. The van der Waals surface area contributed by atoms with Gasteiger partial charge in [0.2, 0.25) is 0 Å². The van der Waals surface area contributed by atoms with Crippen LogP contribution in [0.2, 0.25) is 0 Å². The molecule has 11 aromatic rings. The summed E-state index contributed by atoms with van der Waals surface area (Å²) in [5.41, 5.74) is 1.07. The molecular formula is C54H30F9N5. The van der Waals surface area contributed by atoms with Gasteiger partial charge in [0, 0.05) is 49.4 Å². The molecule has 0 bridgehead atoms. The van der Waals surface area contributed by atoms with E-state index >= 15 is 0 Å². The summed E-state index contributed by atoms with van der Waals surface area (Å²) >= 11 is 0. The molecule has 68 heavy (non-hydrogen) atoms. The Morgan fingerprint density at radius 1 is 0.294 bits per heavy atom. The summed E-state index contributed by atoms with van der Waals surface area (Å²) < 4.78 is 134. The Labute approximate surface area is 380 Å². The van der Waals surface area contributed by atoms with Crippen LogP contribution in [0.1, 0.15) is 16.7 Å². The Bertz CT molecular complexity index is 3700. The van der Waals surface area contributed by atoms with Gasteiger partial charge in [-0.1, -0.05) is 109 Å². The van der Waals surface area contributed by atoms with E-state index in [1.807, 2.05) is 60.7 Å². The highest BCUT2D eigenvalue weighted by atomic mass is 19.4. The second-order valence-electron chi connectivity index (χ2n) is 16.2. The third kappa shape index (κ3) is 7.28. The summed E-state index contributed by atoms with van der Waals surface area (Å²) in [5.74, 6) is 0.853. The van der Waals surface area contributed by atoms with Crippen LogP contribution in [0.15, 0.2) is 182 Å². The topological polar surface area (TPSA) is 48.5 Å². The van der Waals surface area contributed by atoms with Gasteiger partial charge in [-0.15, -0.1) is 0 Å². The van der Waals surface area contributed by atoms with Crippen molar-refractivity contribution >= 4 is 43.6 Å². The smallest absolute Gasteiger partial charge is 0.309 e. The Morgan fingerprint density at radius 3 is 1.18 bits per heavy atom. The molecule has 0 radical (unpaired) electrons. The predicted molar refractivity (Wildman–Crippen MR) is 245 cm³/mol. The summed E-state index contributed by atoms with van der Waals surface area (Å²) in [5, 5.41) is 1.32. The fraction of sp³-hybridized carbons (Fsp3) is 0.0556. The van der Waals surface area contributed by atoms with Crippen LogP contribution in [-0.2, 0) is 18.5 Å². The van der Waals surface area contributed by atoms with Crippen molar-refractivity contribution in [3.8, 4) is 56.7 Å². The molecule has 0 unspecified atom stereocenters. The maximum atomic E-state index is 15.0. The van der Waals surface area contributed by atoms with E-state index in [9.17, 15) is 39.5 Å². The Hall–Kier alpha value is -8.26. The fourth-order valence-electron chi connectivity index (χ4n) is 8.96. The number of nitrogens with zero attached hydrogens (tertiary/aromatic N) is 5. The molecular weight excluding hydrogens is 890 g/mol. The first-order chi connectivity index (χ1) is 32.6. The highest BCUT2D eigenvalue weighted by Crippen LogP contribution is 2.45. The van der Waals surface area contributed by atoms with E-state index in [0.717, 1.165) is 36.4 Å². The molecule has 0 saturated carbocycles. The number of para-hydroxylation sites is 2. The van der Waals surface area contributed by atoms with Crippen LogP contribution in [0.4, 0.5) is 39.5 Å². The van der Waals surface area contributed by atoms with Crippen molar-refractivity contribution in [2.45, 2.75) is 18.5 Å². The van der Waals surface area contributed by atoms with Crippen LogP contribution in [0.5, 0.6) is 0 Å². The van der Waals surface area contributed by atoms with Gasteiger partial charge < -0.3 is 9.13 Å². The zero-order valence-electron chi connectivity index (χ0n) is 35.0. The highest BCUT2D eigenvalue weighted by Gasteiger charge is 2.35. The number of fused-ring (bicyclic) bond motifs is 6. The molecule has 3 aromatic heterocycles. The van der Waals surface area contributed by atoms with E-state index in [0.29, 0.717) is 61.2 Å². The van der Waals surface area contributed by atoms with Gasteiger partial charge >= 0.3 is 18.5 Å².